The van der Waals surface area contributed by atoms with Crippen LogP contribution in [0, 0.1) is 5.82 Å². The lowest BCUT2D eigenvalue weighted by Crippen LogP contribution is -2.53. The maximum absolute atomic E-state index is 14.6. The summed E-state index contributed by atoms with van der Waals surface area (Å²) in [7, 11) is -4.04. The second-order valence-electron chi connectivity index (χ2n) is 8.87. The van der Waals surface area contributed by atoms with Gasteiger partial charge in [0.1, 0.15) is 18.4 Å². The lowest BCUT2D eigenvalue weighted by atomic mass is 10.0. The predicted molar refractivity (Wildman–Crippen MR) is 148 cm³/mol. The van der Waals surface area contributed by atoms with Crippen molar-refractivity contribution < 1.29 is 22.4 Å². The molecule has 1 atom stereocenters. The van der Waals surface area contributed by atoms with Gasteiger partial charge in [-0.2, -0.15) is 0 Å². The minimum atomic E-state index is -4.04. The zero-order valence-corrected chi connectivity index (χ0v) is 22.9. The van der Waals surface area contributed by atoms with Crippen LogP contribution in [0.3, 0.4) is 0 Å². The van der Waals surface area contributed by atoms with Crippen LogP contribution in [0.1, 0.15) is 24.5 Å². The molecule has 0 aliphatic carbocycles. The first-order valence-electron chi connectivity index (χ1n) is 12.2. The highest BCUT2D eigenvalue weighted by Gasteiger charge is 2.33. The Morgan fingerprint density at radius 1 is 0.947 bits per heavy atom. The zero-order valence-electron chi connectivity index (χ0n) is 21.3. The van der Waals surface area contributed by atoms with E-state index in [-0.39, 0.29) is 24.6 Å². The highest BCUT2D eigenvalue weighted by molar-refractivity contribution is 7.92. The Balaban J connectivity index is 2.04. The number of sulfonamides is 1. The van der Waals surface area contributed by atoms with Crippen LogP contribution in [0.2, 0.25) is 5.02 Å². The van der Waals surface area contributed by atoms with Gasteiger partial charge in [0, 0.05) is 24.5 Å². The largest absolute Gasteiger partial charge is 0.354 e. The number of carbonyl (C=O) groups excluding carboxylic acids is 2. The number of rotatable bonds is 12. The SMILES string of the molecule is CCCNC(=O)C(Cc1ccccc1)N(Cc1ccc(Cl)cc1)C(=O)CN(c1ccccc1F)S(C)(=O)=O. The monoisotopic (exact) mass is 559 g/mol. The molecule has 0 aromatic heterocycles. The number of hydrogen-bond acceptors (Lipinski definition) is 4. The number of hydrogen-bond donors (Lipinski definition) is 1. The van der Waals surface area contributed by atoms with Gasteiger partial charge in [0.2, 0.25) is 21.8 Å². The van der Waals surface area contributed by atoms with E-state index in [2.05, 4.69) is 5.32 Å². The quantitative estimate of drug-likeness (QED) is 0.356. The molecule has 1 unspecified atom stereocenters. The molecule has 0 radical (unpaired) electrons. The van der Waals surface area contributed by atoms with E-state index < -0.39 is 34.3 Å². The molecule has 38 heavy (non-hydrogen) atoms. The molecular weight excluding hydrogens is 529 g/mol. The van der Waals surface area contributed by atoms with Crippen molar-refractivity contribution in [2.24, 2.45) is 0 Å². The average Bonchev–Trinajstić information content (AvgIpc) is 2.89. The first-order valence-corrected chi connectivity index (χ1v) is 14.4. The molecule has 0 aliphatic heterocycles. The molecule has 0 saturated carbocycles. The highest BCUT2D eigenvalue weighted by atomic mass is 35.5. The Morgan fingerprint density at radius 2 is 1.58 bits per heavy atom. The van der Waals surface area contributed by atoms with Crippen molar-refractivity contribution in [1.29, 1.82) is 0 Å². The number of nitrogens with one attached hydrogen (secondary N) is 1. The van der Waals surface area contributed by atoms with E-state index in [4.69, 9.17) is 11.6 Å². The minimum Gasteiger partial charge on any atom is -0.354 e. The second-order valence-corrected chi connectivity index (χ2v) is 11.2. The van der Waals surface area contributed by atoms with Gasteiger partial charge in [-0.05, 0) is 41.8 Å². The van der Waals surface area contributed by atoms with Gasteiger partial charge in [-0.25, -0.2) is 12.8 Å². The van der Waals surface area contributed by atoms with Gasteiger partial charge in [-0.3, -0.25) is 13.9 Å². The maximum atomic E-state index is 14.6. The van der Waals surface area contributed by atoms with Crippen LogP contribution in [0.15, 0.2) is 78.9 Å². The standard InChI is InChI=1S/C28H31ClFN3O4S/c1-3-17-31-28(35)26(18-21-9-5-4-6-10-21)32(19-22-13-15-23(29)16-14-22)27(34)20-33(38(2,36)37)25-12-8-7-11-24(25)30/h4-16,26H,3,17-20H2,1-2H3,(H,31,35). The molecule has 3 aromatic rings. The maximum Gasteiger partial charge on any atom is 0.244 e. The molecule has 10 heteroatoms. The van der Waals surface area contributed by atoms with Crippen LogP contribution in [0.4, 0.5) is 10.1 Å². The molecule has 0 saturated heterocycles. The fourth-order valence-electron chi connectivity index (χ4n) is 3.96. The first-order chi connectivity index (χ1) is 18.1. The third-order valence-electron chi connectivity index (χ3n) is 5.89. The van der Waals surface area contributed by atoms with Crippen molar-refractivity contribution in [2.75, 3.05) is 23.7 Å². The van der Waals surface area contributed by atoms with E-state index in [9.17, 15) is 22.4 Å². The van der Waals surface area contributed by atoms with Gasteiger partial charge in [-0.1, -0.05) is 73.1 Å². The molecule has 3 aromatic carbocycles. The molecule has 2 amide bonds. The predicted octanol–water partition coefficient (Wildman–Crippen LogP) is 4.41. The normalized spacial score (nSPS) is 12.0. The molecular formula is C28H31ClFN3O4S. The highest BCUT2D eigenvalue weighted by Crippen LogP contribution is 2.23. The van der Waals surface area contributed by atoms with Gasteiger partial charge in [0.05, 0.1) is 11.9 Å². The fraction of sp³-hybridized carbons (Fsp3) is 0.286. The summed E-state index contributed by atoms with van der Waals surface area (Å²) in [6.45, 7) is 1.67. The van der Waals surface area contributed by atoms with Gasteiger partial charge in [-0.15, -0.1) is 0 Å². The Morgan fingerprint density at radius 3 is 2.18 bits per heavy atom. The van der Waals surface area contributed by atoms with Gasteiger partial charge < -0.3 is 10.2 Å². The summed E-state index contributed by atoms with van der Waals surface area (Å²) in [5.41, 5.74) is 1.28. The third kappa shape index (κ3) is 8.03. The van der Waals surface area contributed by atoms with Crippen LogP contribution < -0.4 is 9.62 Å². The molecule has 7 nitrogen and oxygen atoms in total. The molecule has 202 valence electrons. The Labute approximate surface area is 228 Å². The Bertz CT molecular complexity index is 1340. The van der Waals surface area contributed by atoms with Crippen LogP contribution in [-0.2, 0) is 32.6 Å². The minimum absolute atomic E-state index is 0.0158. The fourth-order valence-corrected chi connectivity index (χ4v) is 4.93. The number of carbonyl (C=O) groups is 2. The molecule has 1 N–H and O–H groups in total. The summed E-state index contributed by atoms with van der Waals surface area (Å²) in [5.74, 6) is -1.80. The topological polar surface area (TPSA) is 86.8 Å². The lowest BCUT2D eigenvalue weighted by Gasteiger charge is -2.33. The van der Waals surface area contributed by atoms with Gasteiger partial charge in [0.15, 0.2) is 0 Å². The smallest absolute Gasteiger partial charge is 0.244 e. The van der Waals surface area contributed by atoms with Crippen molar-refractivity contribution in [2.45, 2.75) is 32.4 Å². The summed E-state index contributed by atoms with van der Waals surface area (Å²) in [4.78, 5) is 28.6. The van der Waals surface area contributed by atoms with Crippen molar-refractivity contribution in [3.8, 4) is 0 Å². The summed E-state index contributed by atoms with van der Waals surface area (Å²) in [5, 5.41) is 3.37. The number of halogens is 2. The molecule has 0 aliphatic rings. The molecule has 0 fully saturated rings. The van der Waals surface area contributed by atoms with E-state index in [1.54, 1.807) is 24.3 Å². The molecule has 0 heterocycles. The van der Waals surface area contributed by atoms with Crippen molar-refractivity contribution >= 4 is 39.1 Å². The van der Waals surface area contributed by atoms with Crippen LogP contribution in [0.25, 0.3) is 0 Å². The molecule has 3 rings (SSSR count). The average molecular weight is 560 g/mol. The van der Waals surface area contributed by atoms with Gasteiger partial charge in [0.25, 0.3) is 0 Å². The van der Waals surface area contributed by atoms with E-state index in [1.165, 1.54) is 23.1 Å². The van der Waals surface area contributed by atoms with Crippen molar-refractivity contribution in [3.05, 3.63) is 101 Å². The number of anilines is 1. The summed E-state index contributed by atoms with van der Waals surface area (Å²) in [6.07, 6.45) is 1.81. The van der Waals surface area contributed by atoms with Gasteiger partial charge >= 0.3 is 0 Å². The summed E-state index contributed by atoms with van der Waals surface area (Å²) >= 11 is 6.04. The van der Waals surface area contributed by atoms with Crippen molar-refractivity contribution in [1.82, 2.24) is 10.2 Å². The number of benzene rings is 3. The van der Waals surface area contributed by atoms with E-state index in [0.29, 0.717) is 23.6 Å². The van der Waals surface area contributed by atoms with E-state index >= 15 is 0 Å². The van der Waals surface area contributed by atoms with Crippen LogP contribution in [-0.4, -0.2) is 50.5 Å². The lowest BCUT2D eigenvalue weighted by molar-refractivity contribution is -0.140. The number of nitrogens with zero attached hydrogens (tertiary/aromatic N) is 2. The van der Waals surface area contributed by atoms with Crippen molar-refractivity contribution in [3.63, 3.8) is 0 Å². The second kappa shape index (κ2) is 13.4. The Hall–Kier alpha value is -3.43. The summed E-state index contributed by atoms with van der Waals surface area (Å²) < 4.78 is 40.7. The first kappa shape index (κ1) is 29.1. The van der Waals surface area contributed by atoms with Crippen LogP contribution in [0.5, 0.6) is 0 Å². The van der Waals surface area contributed by atoms with E-state index in [0.717, 1.165) is 22.2 Å². The molecule has 0 bridgehead atoms. The van der Waals surface area contributed by atoms with Crippen LogP contribution >= 0.6 is 11.6 Å². The Kier molecular flexibility index (Phi) is 10.3. The number of amides is 2. The zero-order chi connectivity index (χ0) is 27.7. The third-order valence-corrected chi connectivity index (χ3v) is 7.27. The van der Waals surface area contributed by atoms with E-state index in [1.807, 2.05) is 37.3 Å². The number of para-hydroxylation sites is 1. The summed E-state index contributed by atoms with van der Waals surface area (Å²) in [6, 6.07) is 20.4. The molecule has 0 spiro atoms.